The van der Waals surface area contributed by atoms with Crippen molar-refractivity contribution in [3.05, 3.63) is 70.4 Å². The summed E-state index contributed by atoms with van der Waals surface area (Å²) < 4.78 is 15.2. The number of allylic oxidation sites excluding steroid dienone is 1. The average molecular weight is 450 g/mol. The monoisotopic (exact) mass is 449 g/mol. The maximum absolute atomic E-state index is 15.2. The third-order valence-electron chi connectivity index (χ3n) is 5.81. The molecule has 6 heteroatoms. The van der Waals surface area contributed by atoms with Gasteiger partial charge in [0.1, 0.15) is 5.82 Å². The second-order valence-electron chi connectivity index (χ2n) is 8.73. The molecule has 2 aromatic rings. The van der Waals surface area contributed by atoms with Crippen molar-refractivity contribution in [1.29, 1.82) is 0 Å². The molecule has 2 heterocycles. The number of aliphatic imine (C=N–C) groups is 1. The number of anilines is 1. The molecule has 166 valence electrons. The molecular formula is C26H28FN3OS. The van der Waals surface area contributed by atoms with Gasteiger partial charge in [-0.05, 0) is 74.9 Å². The summed E-state index contributed by atoms with van der Waals surface area (Å²) in [6.45, 7) is 9.35. The summed E-state index contributed by atoms with van der Waals surface area (Å²) >= 11 is 1.27. The van der Waals surface area contributed by atoms with Gasteiger partial charge in [0.25, 0.3) is 5.91 Å². The van der Waals surface area contributed by atoms with Crippen molar-refractivity contribution >= 4 is 45.9 Å². The second kappa shape index (κ2) is 8.58. The molecule has 4 rings (SSSR count). The number of hydrogen-bond donors (Lipinski definition) is 0. The van der Waals surface area contributed by atoms with Crippen LogP contribution in [0.2, 0.25) is 0 Å². The molecule has 32 heavy (non-hydrogen) atoms. The zero-order valence-electron chi connectivity index (χ0n) is 19.1. The van der Waals surface area contributed by atoms with Crippen LogP contribution in [0.3, 0.4) is 0 Å². The van der Waals surface area contributed by atoms with Gasteiger partial charge in [-0.1, -0.05) is 31.2 Å². The predicted octanol–water partition coefficient (Wildman–Crippen LogP) is 6.47. The molecule has 2 aromatic carbocycles. The Morgan fingerprint density at radius 3 is 2.59 bits per heavy atom. The molecule has 0 atom stereocenters. The highest BCUT2D eigenvalue weighted by Gasteiger charge is 2.33. The van der Waals surface area contributed by atoms with Crippen LogP contribution in [0.4, 0.5) is 15.8 Å². The van der Waals surface area contributed by atoms with Crippen LogP contribution in [-0.4, -0.2) is 35.1 Å². The normalized spacial score (nSPS) is 20.2. The Labute approximate surface area is 193 Å². The number of thioether (sulfide) groups is 1. The van der Waals surface area contributed by atoms with E-state index in [0.717, 1.165) is 35.5 Å². The number of rotatable bonds is 4. The molecular weight excluding hydrogens is 421 g/mol. The van der Waals surface area contributed by atoms with Crippen molar-refractivity contribution in [2.45, 2.75) is 39.7 Å². The smallest absolute Gasteiger partial charge is 0.266 e. The van der Waals surface area contributed by atoms with Gasteiger partial charge in [-0.3, -0.25) is 9.69 Å². The topological polar surface area (TPSA) is 35.9 Å². The molecule has 0 spiro atoms. The van der Waals surface area contributed by atoms with Crippen LogP contribution in [-0.2, 0) is 4.79 Å². The Hall–Kier alpha value is -2.86. The Kier molecular flexibility index (Phi) is 5.99. The summed E-state index contributed by atoms with van der Waals surface area (Å²) in [6, 6.07) is 13.0. The van der Waals surface area contributed by atoms with Crippen LogP contribution >= 0.6 is 11.8 Å². The minimum Gasteiger partial charge on any atom is -0.362 e. The van der Waals surface area contributed by atoms with E-state index in [1.807, 2.05) is 36.4 Å². The van der Waals surface area contributed by atoms with Gasteiger partial charge in [0.05, 0.1) is 16.1 Å². The number of amides is 1. The standard InChI is InChI=1S/C26H28FN3OS/c1-6-12-30-22-15-21(27)18(13-20(22)17(2)16-26(30,3)4)14-23-24(31)29(5)25(32-23)28-19-10-8-7-9-11-19/h7-11,13-16H,6,12H2,1-5H3/b23-14+,28-25?. The highest BCUT2D eigenvalue weighted by molar-refractivity contribution is 8.18. The zero-order chi connectivity index (χ0) is 23.0. The number of amidine groups is 1. The van der Waals surface area contributed by atoms with Crippen molar-refractivity contribution in [3.63, 3.8) is 0 Å². The maximum Gasteiger partial charge on any atom is 0.266 e. The van der Waals surface area contributed by atoms with Gasteiger partial charge < -0.3 is 4.90 Å². The minimum atomic E-state index is -0.327. The second-order valence-corrected chi connectivity index (χ2v) is 9.74. The Morgan fingerprint density at radius 1 is 1.19 bits per heavy atom. The Bertz CT molecular complexity index is 1150. The summed E-state index contributed by atoms with van der Waals surface area (Å²) in [4.78, 5) is 21.6. The first-order valence-corrected chi connectivity index (χ1v) is 11.7. The van der Waals surface area contributed by atoms with E-state index in [1.165, 1.54) is 16.7 Å². The number of nitrogens with zero attached hydrogens (tertiary/aromatic N) is 3. The molecule has 2 aliphatic rings. The van der Waals surface area contributed by atoms with E-state index in [4.69, 9.17) is 0 Å². The molecule has 1 saturated heterocycles. The molecule has 0 radical (unpaired) electrons. The van der Waals surface area contributed by atoms with Crippen LogP contribution < -0.4 is 4.90 Å². The van der Waals surface area contributed by atoms with Crippen molar-refractivity contribution in [2.24, 2.45) is 4.99 Å². The van der Waals surface area contributed by atoms with E-state index in [0.29, 0.717) is 15.6 Å². The van der Waals surface area contributed by atoms with Crippen LogP contribution in [0.5, 0.6) is 0 Å². The SMILES string of the molecule is CCCN1c2cc(F)c(/C=C3/SC(=Nc4ccccc4)N(C)C3=O)cc2C(C)=CC1(C)C. The van der Waals surface area contributed by atoms with E-state index >= 15 is 4.39 Å². The fraction of sp³-hybridized carbons (Fsp3) is 0.308. The van der Waals surface area contributed by atoms with Gasteiger partial charge in [0.15, 0.2) is 5.17 Å². The molecule has 2 aliphatic heterocycles. The largest absolute Gasteiger partial charge is 0.362 e. The van der Waals surface area contributed by atoms with Crippen LogP contribution in [0.1, 0.15) is 45.2 Å². The molecule has 1 amide bonds. The summed E-state index contributed by atoms with van der Waals surface area (Å²) in [5, 5.41) is 0.581. The first-order valence-electron chi connectivity index (χ1n) is 10.8. The summed E-state index contributed by atoms with van der Waals surface area (Å²) in [5.74, 6) is -0.504. The fourth-order valence-corrected chi connectivity index (χ4v) is 5.24. The molecule has 0 aliphatic carbocycles. The van der Waals surface area contributed by atoms with Crippen molar-refractivity contribution in [2.75, 3.05) is 18.5 Å². The highest BCUT2D eigenvalue weighted by atomic mass is 32.2. The molecule has 0 saturated carbocycles. The third kappa shape index (κ3) is 4.11. The van der Waals surface area contributed by atoms with Crippen molar-refractivity contribution < 1.29 is 9.18 Å². The molecule has 1 fully saturated rings. The van der Waals surface area contributed by atoms with E-state index in [2.05, 4.69) is 43.7 Å². The van der Waals surface area contributed by atoms with Crippen molar-refractivity contribution in [3.8, 4) is 0 Å². The lowest BCUT2D eigenvalue weighted by Gasteiger charge is -2.43. The predicted molar refractivity (Wildman–Crippen MR) is 134 cm³/mol. The Balaban J connectivity index is 1.72. The third-order valence-corrected chi connectivity index (χ3v) is 6.87. The van der Waals surface area contributed by atoms with Gasteiger partial charge in [0.2, 0.25) is 0 Å². The average Bonchev–Trinajstić information content (AvgIpc) is 3.00. The highest BCUT2D eigenvalue weighted by Crippen LogP contribution is 2.41. The number of carbonyl (C=O) groups excluding carboxylic acids is 1. The van der Waals surface area contributed by atoms with E-state index in [1.54, 1.807) is 19.2 Å². The number of hydrogen-bond acceptors (Lipinski definition) is 4. The first-order chi connectivity index (χ1) is 15.2. The summed E-state index contributed by atoms with van der Waals surface area (Å²) in [5.41, 5.74) is 4.04. The number of halogens is 1. The van der Waals surface area contributed by atoms with E-state index in [-0.39, 0.29) is 17.3 Å². The Morgan fingerprint density at radius 2 is 1.91 bits per heavy atom. The van der Waals surface area contributed by atoms with Crippen LogP contribution in [0.25, 0.3) is 11.6 Å². The number of benzene rings is 2. The zero-order valence-corrected chi connectivity index (χ0v) is 20.0. The lowest BCUT2D eigenvalue weighted by molar-refractivity contribution is -0.121. The fourth-order valence-electron chi connectivity index (χ4n) is 4.26. The van der Waals surface area contributed by atoms with Gasteiger partial charge in [0, 0.05) is 30.4 Å². The molecule has 4 nitrogen and oxygen atoms in total. The lowest BCUT2D eigenvalue weighted by atomic mass is 9.87. The van der Waals surface area contributed by atoms with E-state index < -0.39 is 0 Å². The number of fused-ring (bicyclic) bond motifs is 1. The number of likely N-dealkylation sites (N-methyl/N-ethyl adjacent to an activating group) is 1. The van der Waals surface area contributed by atoms with Gasteiger partial charge in [-0.2, -0.15) is 0 Å². The molecule has 0 unspecified atom stereocenters. The lowest BCUT2D eigenvalue weighted by Crippen LogP contribution is -2.45. The molecule has 0 N–H and O–H groups in total. The van der Waals surface area contributed by atoms with Gasteiger partial charge >= 0.3 is 0 Å². The number of para-hydroxylation sites is 1. The minimum absolute atomic E-state index is 0.178. The first kappa shape index (κ1) is 22.3. The summed E-state index contributed by atoms with van der Waals surface area (Å²) in [6.07, 6.45) is 4.85. The van der Waals surface area contributed by atoms with Crippen LogP contribution in [0.15, 0.2) is 58.4 Å². The van der Waals surface area contributed by atoms with E-state index in [9.17, 15) is 4.79 Å². The summed E-state index contributed by atoms with van der Waals surface area (Å²) in [7, 11) is 1.69. The maximum atomic E-state index is 15.2. The van der Waals surface area contributed by atoms with Gasteiger partial charge in [-0.25, -0.2) is 9.38 Å². The molecule has 0 bridgehead atoms. The molecule has 0 aromatic heterocycles. The van der Waals surface area contributed by atoms with Crippen LogP contribution in [0, 0.1) is 5.82 Å². The number of carbonyl (C=O) groups is 1. The van der Waals surface area contributed by atoms with Crippen molar-refractivity contribution in [1.82, 2.24) is 4.90 Å². The quantitative estimate of drug-likeness (QED) is 0.502. The van der Waals surface area contributed by atoms with Gasteiger partial charge in [-0.15, -0.1) is 0 Å².